The number of hydrogen-bond donors (Lipinski definition) is 2. The molecule has 26 heavy (non-hydrogen) atoms. The Morgan fingerprint density at radius 2 is 2.08 bits per heavy atom. The van der Waals surface area contributed by atoms with E-state index in [1.807, 2.05) is 0 Å². The van der Waals surface area contributed by atoms with E-state index in [4.69, 9.17) is 10.5 Å². The Morgan fingerprint density at radius 3 is 2.77 bits per heavy atom. The molecule has 3 aliphatic rings. The van der Waals surface area contributed by atoms with Crippen LogP contribution in [0.15, 0.2) is 24.4 Å². The molecule has 1 aromatic rings. The predicted octanol–water partition coefficient (Wildman–Crippen LogP) is 1.83. The highest BCUT2D eigenvalue weighted by molar-refractivity contribution is 6.01. The van der Waals surface area contributed by atoms with Crippen LogP contribution >= 0.6 is 0 Å². The third-order valence-corrected chi connectivity index (χ3v) is 5.51. The molecule has 3 N–H and O–H groups in total. The normalized spacial score (nSPS) is 28.3. The number of ether oxygens (including phenoxy) is 1. The Hall–Kier alpha value is -2.41. The number of hydrogen-bond acceptors (Lipinski definition) is 4. The van der Waals surface area contributed by atoms with Gasteiger partial charge in [-0.05, 0) is 44.2 Å². The van der Waals surface area contributed by atoms with Crippen molar-refractivity contribution in [2.45, 2.75) is 56.8 Å². The molecular formula is C19H22FN3O3. The number of rotatable bonds is 3. The summed E-state index contributed by atoms with van der Waals surface area (Å²) in [5.74, 6) is -0.993. The summed E-state index contributed by atoms with van der Waals surface area (Å²) in [6, 6.07) is 2.37. The lowest BCUT2D eigenvalue weighted by Crippen LogP contribution is -2.49. The number of fused-ring (bicyclic) bond motifs is 1. The molecule has 4 rings (SSSR count). The minimum Gasteiger partial charge on any atom is -0.486 e. The lowest BCUT2D eigenvalue weighted by atomic mass is 10.0. The summed E-state index contributed by atoms with van der Waals surface area (Å²) >= 11 is 0. The van der Waals surface area contributed by atoms with Crippen molar-refractivity contribution in [2.24, 2.45) is 5.73 Å². The zero-order chi connectivity index (χ0) is 18.4. The van der Waals surface area contributed by atoms with Crippen molar-refractivity contribution in [1.29, 1.82) is 0 Å². The Kier molecular flexibility index (Phi) is 4.19. The van der Waals surface area contributed by atoms with Gasteiger partial charge in [0, 0.05) is 22.9 Å². The lowest BCUT2D eigenvalue weighted by molar-refractivity contribution is -0.126. The smallest absolute Gasteiger partial charge is 0.255 e. The van der Waals surface area contributed by atoms with Crippen LogP contribution in [0.1, 0.15) is 48.0 Å². The molecule has 1 saturated heterocycles. The van der Waals surface area contributed by atoms with E-state index in [9.17, 15) is 14.0 Å². The fourth-order valence-corrected chi connectivity index (χ4v) is 4.02. The van der Waals surface area contributed by atoms with Gasteiger partial charge in [0.15, 0.2) is 11.6 Å². The number of nitrogens with one attached hydrogen (secondary N) is 1. The maximum Gasteiger partial charge on any atom is 0.255 e. The number of carbonyl (C=O) groups is 2. The summed E-state index contributed by atoms with van der Waals surface area (Å²) in [7, 11) is 0. The highest BCUT2D eigenvalue weighted by Crippen LogP contribution is 2.35. The minimum absolute atomic E-state index is 0.0679. The number of nitrogens with two attached hydrogens (primary N) is 1. The summed E-state index contributed by atoms with van der Waals surface area (Å²) in [6.07, 6.45) is 3.53. The average molecular weight is 359 g/mol. The number of halogens is 1. The SMILES string of the molecule is C=C1CCC(N2Cc3c(ccc(O[C@@H]4CCC[C@@H]4N)c3F)C2=O)C(=O)N1. The zero-order valence-electron chi connectivity index (χ0n) is 14.5. The molecule has 138 valence electrons. The Labute approximate surface area is 151 Å². The van der Waals surface area contributed by atoms with Crippen molar-refractivity contribution in [2.75, 3.05) is 0 Å². The molecule has 0 radical (unpaired) electrons. The highest BCUT2D eigenvalue weighted by atomic mass is 19.1. The molecular weight excluding hydrogens is 337 g/mol. The first kappa shape index (κ1) is 17.0. The van der Waals surface area contributed by atoms with Crippen LogP contribution in [0.3, 0.4) is 0 Å². The van der Waals surface area contributed by atoms with E-state index in [-0.39, 0.29) is 41.8 Å². The van der Waals surface area contributed by atoms with E-state index < -0.39 is 11.9 Å². The highest BCUT2D eigenvalue weighted by Gasteiger charge is 2.40. The third kappa shape index (κ3) is 2.76. The second-order valence-electron chi connectivity index (χ2n) is 7.24. The van der Waals surface area contributed by atoms with Crippen LogP contribution in [-0.2, 0) is 11.3 Å². The molecule has 0 spiro atoms. The number of nitrogens with zero attached hydrogens (tertiary/aromatic N) is 1. The quantitative estimate of drug-likeness (QED) is 0.862. The number of carbonyl (C=O) groups excluding carboxylic acids is 2. The van der Waals surface area contributed by atoms with Gasteiger partial charge >= 0.3 is 0 Å². The van der Waals surface area contributed by atoms with Gasteiger partial charge in [-0.15, -0.1) is 0 Å². The molecule has 0 bridgehead atoms. The van der Waals surface area contributed by atoms with Crippen molar-refractivity contribution < 1.29 is 18.7 Å². The Bertz CT molecular complexity index is 794. The van der Waals surface area contributed by atoms with Crippen LogP contribution < -0.4 is 15.8 Å². The van der Waals surface area contributed by atoms with Crippen LogP contribution in [0.25, 0.3) is 0 Å². The molecule has 0 aromatic heterocycles. The van der Waals surface area contributed by atoms with Gasteiger partial charge in [-0.2, -0.15) is 0 Å². The molecule has 3 atom stereocenters. The van der Waals surface area contributed by atoms with Crippen LogP contribution in [0.4, 0.5) is 4.39 Å². The largest absolute Gasteiger partial charge is 0.486 e. The van der Waals surface area contributed by atoms with Crippen LogP contribution in [0.5, 0.6) is 5.75 Å². The standard InChI is InChI=1S/C19H22FN3O3/c1-10-5-7-14(18(24)22-10)23-9-12-11(19(23)25)6-8-16(17(12)20)26-15-4-2-3-13(15)21/h6,8,13-15H,1-5,7,9,21H2,(H,22,24)/t13-,14?,15+/m0/s1. The van der Waals surface area contributed by atoms with Gasteiger partial charge in [0.25, 0.3) is 5.91 Å². The van der Waals surface area contributed by atoms with Gasteiger partial charge in [-0.3, -0.25) is 9.59 Å². The minimum atomic E-state index is -0.604. The molecule has 2 fully saturated rings. The molecule has 7 heteroatoms. The lowest BCUT2D eigenvalue weighted by Gasteiger charge is -2.30. The first-order valence-electron chi connectivity index (χ1n) is 8.99. The second kappa shape index (κ2) is 6.39. The molecule has 1 aliphatic carbocycles. The van der Waals surface area contributed by atoms with E-state index in [0.717, 1.165) is 19.3 Å². The average Bonchev–Trinajstić information content (AvgIpc) is 3.15. The van der Waals surface area contributed by atoms with E-state index in [2.05, 4.69) is 11.9 Å². The van der Waals surface area contributed by atoms with Crippen molar-refractivity contribution in [3.8, 4) is 5.75 Å². The first-order chi connectivity index (χ1) is 12.5. The Balaban J connectivity index is 1.57. The van der Waals surface area contributed by atoms with Crippen molar-refractivity contribution >= 4 is 11.8 Å². The van der Waals surface area contributed by atoms with Crippen LogP contribution in [-0.4, -0.2) is 34.9 Å². The summed E-state index contributed by atoms with van der Waals surface area (Å²) in [6.45, 7) is 3.81. The van der Waals surface area contributed by atoms with Gasteiger partial charge in [-0.25, -0.2) is 4.39 Å². The predicted molar refractivity (Wildman–Crippen MR) is 92.8 cm³/mol. The van der Waals surface area contributed by atoms with E-state index in [1.165, 1.54) is 11.0 Å². The maximum absolute atomic E-state index is 15.0. The number of piperidine rings is 1. The van der Waals surface area contributed by atoms with Crippen molar-refractivity contribution in [1.82, 2.24) is 10.2 Å². The van der Waals surface area contributed by atoms with Gasteiger partial charge in [-0.1, -0.05) is 6.58 Å². The fraction of sp³-hybridized carbons (Fsp3) is 0.474. The van der Waals surface area contributed by atoms with E-state index in [1.54, 1.807) is 6.07 Å². The number of benzene rings is 1. The summed E-state index contributed by atoms with van der Waals surface area (Å²) < 4.78 is 20.7. The zero-order valence-corrected chi connectivity index (χ0v) is 14.5. The summed E-state index contributed by atoms with van der Waals surface area (Å²) in [5, 5.41) is 2.67. The van der Waals surface area contributed by atoms with Gasteiger partial charge in [0.2, 0.25) is 5.91 Å². The van der Waals surface area contributed by atoms with Crippen LogP contribution in [0, 0.1) is 5.82 Å². The molecule has 1 aromatic carbocycles. The molecule has 6 nitrogen and oxygen atoms in total. The maximum atomic E-state index is 15.0. The molecule has 1 saturated carbocycles. The fourth-order valence-electron chi connectivity index (χ4n) is 4.02. The number of amides is 2. The van der Waals surface area contributed by atoms with Crippen molar-refractivity contribution in [3.05, 3.63) is 41.4 Å². The van der Waals surface area contributed by atoms with Gasteiger partial charge in [0.1, 0.15) is 12.1 Å². The van der Waals surface area contributed by atoms with E-state index in [0.29, 0.717) is 24.1 Å². The molecule has 2 amide bonds. The Morgan fingerprint density at radius 1 is 1.27 bits per heavy atom. The second-order valence-corrected chi connectivity index (χ2v) is 7.24. The van der Waals surface area contributed by atoms with E-state index >= 15 is 0 Å². The topological polar surface area (TPSA) is 84.7 Å². The van der Waals surface area contributed by atoms with Gasteiger partial charge in [0.05, 0.1) is 6.54 Å². The summed E-state index contributed by atoms with van der Waals surface area (Å²) in [4.78, 5) is 26.3. The third-order valence-electron chi connectivity index (χ3n) is 5.51. The number of allylic oxidation sites excluding steroid dienone is 1. The van der Waals surface area contributed by atoms with Crippen molar-refractivity contribution in [3.63, 3.8) is 0 Å². The molecule has 2 heterocycles. The molecule has 1 unspecified atom stereocenters. The van der Waals surface area contributed by atoms with Crippen LogP contribution in [0.2, 0.25) is 0 Å². The first-order valence-corrected chi connectivity index (χ1v) is 8.99. The monoisotopic (exact) mass is 359 g/mol. The summed E-state index contributed by atoms with van der Waals surface area (Å²) in [5.41, 5.74) is 7.22. The molecule has 2 aliphatic heterocycles. The van der Waals surface area contributed by atoms with Gasteiger partial charge < -0.3 is 20.7 Å².